The second kappa shape index (κ2) is 5.38. The zero-order valence-electron chi connectivity index (χ0n) is 10.6. The lowest BCUT2D eigenvalue weighted by molar-refractivity contribution is 0.168. The summed E-state index contributed by atoms with van der Waals surface area (Å²) in [5.41, 5.74) is 1.11. The van der Waals surface area contributed by atoms with Gasteiger partial charge in [-0.1, -0.05) is 0 Å². The summed E-state index contributed by atoms with van der Waals surface area (Å²) in [5.74, 6) is 0.535. The van der Waals surface area contributed by atoms with Gasteiger partial charge in [-0.3, -0.25) is 9.88 Å². The molecule has 0 aliphatic heterocycles. The van der Waals surface area contributed by atoms with E-state index in [-0.39, 0.29) is 5.69 Å². The number of carbonyl (C=O) groups is 1. The zero-order valence-corrected chi connectivity index (χ0v) is 10.6. The molecular formula is C12H14N4O3. The Morgan fingerprint density at radius 1 is 1.42 bits per heavy atom. The number of aromatic nitrogens is 3. The molecule has 0 aliphatic carbocycles. The van der Waals surface area contributed by atoms with E-state index in [1.165, 1.54) is 4.57 Å². The molecule has 0 unspecified atom stereocenters. The number of carbonyl (C=O) groups excluding carboxylic acids is 1. The van der Waals surface area contributed by atoms with Crippen LogP contribution in [0.15, 0.2) is 29.1 Å². The third kappa shape index (κ3) is 2.82. The maximum Gasteiger partial charge on any atom is 0.411 e. The molecule has 2 rings (SSSR count). The number of nitrogens with zero attached hydrogens (tertiary/aromatic N) is 2. The minimum Gasteiger partial charge on any atom is -0.450 e. The van der Waals surface area contributed by atoms with Crippen LogP contribution in [0.4, 0.5) is 10.5 Å². The molecule has 1 amide bonds. The Kier molecular flexibility index (Phi) is 3.65. The maximum absolute atomic E-state index is 11.3. The highest BCUT2D eigenvalue weighted by atomic mass is 16.5. The molecule has 100 valence electrons. The quantitative estimate of drug-likeness (QED) is 0.873. The van der Waals surface area contributed by atoms with Gasteiger partial charge in [0.05, 0.1) is 6.61 Å². The fourth-order valence-corrected chi connectivity index (χ4v) is 1.59. The van der Waals surface area contributed by atoms with Crippen molar-refractivity contribution in [3.63, 3.8) is 0 Å². The van der Waals surface area contributed by atoms with Crippen molar-refractivity contribution in [3.05, 3.63) is 34.7 Å². The summed E-state index contributed by atoms with van der Waals surface area (Å²) < 4.78 is 6.18. The van der Waals surface area contributed by atoms with E-state index in [9.17, 15) is 9.59 Å². The molecule has 19 heavy (non-hydrogen) atoms. The lowest BCUT2D eigenvalue weighted by Gasteiger charge is -2.06. The van der Waals surface area contributed by atoms with Crippen LogP contribution in [-0.4, -0.2) is 27.5 Å². The standard InChI is InChI=1S/C12H14N4O3/c1-3-19-12(18)13-9-6-4-8(5-7-9)10-14-15-11(17)16(10)2/h4-7H,3H2,1-2H3,(H,13,18)(H,15,17). The normalized spacial score (nSPS) is 10.2. The Labute approximate surface area is 109 Å². The first kappa shape index (κ1) is 12.9. The van der Waals surface area contributed by atoms with Crippen molar-refractivity contribution in [3.8, 4) is 11.4 Å². The highest BCUT2D eigenvalue weighted by Gasteiger charge is 2.07. The molecule has 0 spiro atoms. The summed E-state index contributed by atoms with van der Waals surface area (Å²) in [6.45, 7) is 2.06. The largest absolute Gasteiger partial charge is 0.450 e. The highest BCUT2D eigenvalue weighted by Crippen LogP contribution is 2.17. The molecule has 2 N–H and O–H groups in total. The van der Waals surface area contributed by atoms with Crippen LogP contribution >= 0.6 is 0 Å². The Balaban J connectivity index is 2.17. The molecular weight excluding hydrogens is 248 g/mol. The molecule has 2 aromatic rings. The van der Waals surface area contributed by atoms with Gasteiger partial charge in [-0.15, -0.1) is 0 Å². The number of H-pyrrole nitrogens is 1. The molecule has 7 heteroatoms. The van der Waals surface area contributed by atoms with Crippen molar-refractivity contribution in [2.24, 2.45) is 7.05 Å². The van der Waals surface area contributed by atoms with Crippen molar-refractivity contribution in [1.29, 1.82) is 0 Å². The smallest absolute Gasteiger partial charge is 0.411 e. The Bertz CT molecular complexity index is 627. The minimum atomic E-state index is -0.498. The molecule has 0 radical (unpaired) electrons. The summed E-state index contributed by atoms with van der Waals surface area (Å²) >= 11 is 0. The second-order valence-electron chi connectivity index (χ2n) is 3.83. The molecule has 1 aromatic carbocycles. The van der Waals surface area contributed by atoms with Crippen LogP contribution in [0.3, 0.4) is 0 Å². The first-order valence-corrected chi connectivity index (χ1v) is 5.77. The Hall–Kier alpha value is -2.57. The van der Waals surface area contributed by atoms with Gasteiger partial charge in [-0.2, -0.15) is 5.10 Å². The minimum absolute atomic E-state index is 0.274. The van der Waals surface area contributed by atoms with Crippen molar-refractivity contribution in [1.82, 2.24) is 14.8 Å². The van der Waals surface area contributed by atoms with Gasteiger partial charge >= 0.3 is 11.8 Å². The molecule has 1 heterocycles. The monoisotopic (exact) mass is 262 g/mol. The molecule has 0 saturated carbocycles. The molecule has 0 fully saturated rings. The third-order valence-electron chi connectivity index (χ3n) is 2.54. The number of nitrogens with one attached hydrogen (secondary N) is 2. The predicted molar refractivity (Wildman–Crippen MR) is 69.9 cm³/mol. The second-order valence-corrected chi connectivity index (χ2v) is 3.83. The van der Waals surface area contributed by atoms with E-state index in [0.717, 1.165) is 5.56 Å². The van der Waals surface area contributed by atoms with E-state index < -0.39 is 6.09 Å². The van der Waals surface area contributed by atoms with Crippen LogP contribution in [0.2, 0.25) is 0 Å². The number of amides is 1. The number of benzene rings is 1. The van der Waals surface area contributed by atoms with Gasteiger partial charge in [0.2, 0.25) is 0 Å². The summed E-state index contributed by atoms with van der Waals surface area (Å²) in [6, 6.07) is 6.95. The number of ether oxygens (including phenoxy) is 1. The lowest BCUT2D eigenvalue weighted by atomic mass is 10.2. The average molecular weight is 262 g/mol. The van der Waals surface area contributed by atoms with Crippen LogP contribution in [0.5, 0.6) is 0 Å². The van der Waals surface area contributed by atoms with E-state index in [0.29, 0.717) is 18.1 Å². The molecule has 7 nitrogen and oxygen atoms in total. The number of hydrogen-bond donors (Lipinski definition) is 2. The van der Waals surface area contributed by atoms with Gasteiger partial charge in [-0.05, 0) is 31.2 Å². The van der Waals surface area contributed by atoms with Crippen LogP contribution in [0, 0.1) is 0 Å². The van der Waals surface area contributed by atoms with Crippen molar-refractivity contribution < 1.29 is 9.53 Å². The van der Waals surface area contributed by atoms with E-state index in [2.05, 4.69) is 15.5 Å². The number of hydrogen-bond acceptors (Lipinski definition) is 4. The predicted octanol–water partition coefficient (Wildman–Crippen LogP) is 1.34. The van der Waals surface area contributed by atoms with Crippen LogP contribution in [0.1, 0.15) is 6.92 Å². The first-order chi connectivity index (χ1) is 9.11. The van der Waals surface area contributed by atoms with Gasteiger partial charge in [-0.25, -0.2) is 14.7 Å². The molecule has 1 aromatic heterocycles. The first-order valence-electron chi connectivity index (χ1n) is 5.77. The molecule has 0 bridgehead atoms. The van der Waals surface area contributed by atoms with E-state index in [1.54, 1.807) is 38.2 Å². The average Bonchev–Trinajstić information content (AvgIpc) is 2.71. The number of aromatic amines is 1. The summed E-state index contributed by atoms with van der Waals surface area (Å²) in [5, 5.41) is 8.87. The van der Waals surface area contributed by atoms with E-state index in [4.69, 9.17) is 4.74 Å². The van der Waals surface area contributed by atoms with Gasteiger partial charge in [0, 0.05) is 18.3 Å². The number of rotatable bonds is 3. The third-order valence-corrected chi connectivity index (χ3v) is 2.54. The number of anilines is 1. The fourth-order valence-electron chi connectivity index (χ4n) is 1.59. The van der Waals surface area contributed by atoms with Gasteiger partial charge < -0.3 is 4.74 Å². The van der Waals surface area contributed by atoms with Crippen LogP contribution in [0.25, 0.3) is 11.4 Å². The topological polar surface area (TPSA) is 89.0 Å². The van der Waals surface area contributed by atoms with Crippen molar-refractivity contribution in [2.75, 3.05) is 11.9 Å². The summed E-state index contributed by atoms with van der Waals surface area (Å²) in [4.78, 5) is 22.5. The summed E-state index contributed by atoms with van der Waals surface area (Å²) in [7, 11) is 1.63. The van der Waals surface area contributed by atoms with E-state index >= 15 is 0 Å². The molecule has 0 aliphatic rings. The van der Waals surface area contributed by atoms with Gasteiger partial charge in [0.1, 0.15) is 0 Å². The van der Waals surface area contributed by atoms with Crippen LogP contribution < -0.4 is 11.0 Å². The Morgan fingerprint density at radius 3 is 2.63 bits per heavy atom. The fraction of sp³-hybridized carbons (Fsp3) is 0.250. The SMILES string of the molecule is CCOC(=O)Nc1ccc(-c2n[nH]c(=O)n2C)cc1. The van der Waals surface area contributed by atoms with Crippen LogP contribution in [-0.2, 0) is 11.8 Å². The van der Waals surface area contributed by atoms with Crippen molar-refractivity contribution in [2.45, 2.75) is 6.92 Å². The van der Waals surface area contributed by atoms with Gasteiger partial charge in [0.15, 0.2) is 5.82 Å². The summed E-state index contributed by atoms with van der Waals surface area (Å²) in [6.07, 6.45) is -0.498. The highest BCUT2D eigenvalue weighted by molar-refractivity contribution is 5.84. The Morgan fingerprint density at radius 2 is 2.11 bits per heavy atom. The van der Waals surface area contributed by atoms with Gasteiger partial charge in [0.25, 0.3) is 0 Å². The van der Waals surface area contributed by atoms with Crippen molar-refractivity contribution >= 4 is 11.8 Å². The molecule has 0 atom stereocenters. The maximum atomic E-state index is 11.3. The van der Waals surface area contributed by atoms with E-state index in [1.807, 2.05) is 0 Å². The zero-order chi connectivity index (χ0) is 13.8. The lowest BCUT2D eigenvalue weighted by Crippen LogP contribution is -2.13. The molecule has 0 saturated heterocycles.